The lowest BCUT2D eigenvalue weighted by Gasteiger charge is -2.29. The molecule has 0 aliphatic carbocycles. The van der Waals surface area contributed by atoms with Gasteiger partial charge in [0.1, 0.15) is 16.8 Å². The first-order chi connectivity index (χ1) is 8.51. The van der Waals surface area contributed by atoms with Crippen LogP contribution in [0.25, 0.3) is 0 Å². The molecule has 0 aliphatic rings. The van der Waals surface area contributed by atoms with E-state index < -0.39 is 0 Å². The van der Waals surface area contributed by atoms with Crippen molar-refractivity contribution in [1.29, 1.82) is 0 Å². The molecule has 0 atom stereocenters. The van der Waals surface area contributed by atoms with Crippen molar-refractivity contribution >= 4 is 17.4 Å². The zero-order chi connectivity index (χ0) is 13.7. The molecule has 102 valence electrons. The molecule has 0 amide bonds. The van der Waals surface area contributed by atoms with E-state index in [4.69, 9.17) is 16.6 Å². The van der Waals surface area contributed by atoms with Crippen LogP contribution in [0.2, 0.25) is 5.15 Å². The lowest BCUT2D eigenvalue weighted by Crippen LogP contribution is -2.33. The van der Waals surface area contributed by atoms with Crippen molar-refractivity contribution in [2.24, 2.45) is 0 Å². The predicted octanol–water partition coefficient (Wildman–Crippen LogP) is 4.02. The summed E-state index contributed by atoms with van der Waals surface area (Å²) in [5.74, 6) is 1.85. The first-order valence-electron chi connectivity index (χ1n) is 6.80. The molecule has 1 aromatic heterocycles. The Morgan fingerprint density at radius 3 is 2.33 bits per heavy atom. The molecule has 1 heterocycles. The fourth-order valence-electron chi connectivity index (χ4n) is 1.99. The molecule has 0 saturated heterocycles. The summed E-state index contributed by atoms with van der Waals surface area (Å²) in [6, 6.07) is 0.420. The molecule has 0 N–H and O–H groups in total. The van der Waals surface area contributed by atoms with Gasteiger partial charge in [0.05, 0.1) is 0 Å². The molecular formula is C14H24ClN3. The monoisotopic (exact) mass is 269 g/mol. The van der Waals surface area contributed by atoms with Crippen LogP contribution in [0, 0.1) is 6.92 Å². The highest BCUT2D eigenvalue weighted by atomic mass is 35.5. The normalized spacial score (nSPS) is 11.1. The Morgan fingerprint density at radius 2 is 1.83 bits per heavy atom. The van der Waals surface area contributed by atoms with Crippen LogP contribution in [0.3, 0.4) is 0 Å². The molecule has 4 heteroatoms. The standard InChI is InChI=1S/C14H24ClN3/c1-6-8-12-16-13(15)11(5)14(17-12)18(9-7-2)10(3)4/h10H,6-9H2,1-5H3. The van der Waals surface area contributed by atoms with Crippen LogP contribution in [0.15, 0.2) is 0 Å². The molecule has 0 radical (unpaired) electrons. The molecule has 0 spiro atoms. The maximum Gasteiger partial charge on any atom is 0.137 e. The van der Waals surface area contributed by atoms with Gasteiger partial charge < -0.3 is 4.90 Å². The first kappa shape index (κ1) is 15.2. The SMILES string of the molecule is CCCc1nc(Cl)c(C)c(N(CCC)C(C)C)n1. The van der Waals surface area contributed by atoms with Crippen molar-refractivity contribution in [1.82, 2.24) is 9.97 Å². The highest BCUT2D eigenvalue weighted by Crippen LogP contribution is 2.25. The van der Waals surface area contributed by atoms with Crippen molar-refractivity contribution < 1.29 is 0 Å². The number of halogens is 1. The second-order valence-corrected chi connectivity index (χ2v) is 5.27. The Kier molecular flexibility index (Phi) is 5.86. The van der Waals surface area contributed by atoms with Crippen LogP contribution in [-0.4, -0.2) is 22.6 Å². The Balaban J connectivity index is 3.18. The van der Waals surface area contributed by atoms with Crippen molar-refractivity contribution in [3.63, 3.8) is 0 Å². The lowest BCUT2D eigenvalue weighted by atomic mass is 10.2. The molecule has 0 aromatic carbocycles. The average Bonchev–Trinajstić information content (AvgIpc) is 2.31. The predicted molar refractivity (Wildman–Crippen MR) is 78.5 cm³/mol. The summed E-state index contributed by atoms with van der Waals surface area (Å²) in [6.07, 6.45) is 3.02. The fourth-order valence-corrected chi connectivity index (χ4v) is 2.17. The van der Waals surface area contributed by atoms with Gasteiger partial charge in [0, 0.05) is 24.6 Å². The Labute approximate surface area is 116 Å². The van der Waals surface area contributed by atoms with E-state index in [0.29, 0.717) is 11.2 Å². The van der Waals surface area contributed by atoms with Gasteiger partial charge in [-0.25, -0.2) is 9.97 Å². The van der Waals surface area contributed by atoms with E-state index in [1.807, 2.05) is 6.92 Å². The molecule has 18 heavy (non-hydrogen) atoms. The third kappa shape index (κ3) is 3.58. The van der Waals surface area contributed by atoms with Crippen LogP contribution in [0.5, 0.6) is 0 Å². The van der Waals surface area contributed by atoms with E-state index in [0.717, 1.165) is 43.0 Å². The summed E-state index contributed by atoms with van der Waals surface area (Å²) in [5, 5.41) is 0.588. The van der Waals surface area contributed by atoms with Gasteiger partial charge in [0.2, 0.25) is 0 Å². The zero-order valence-corrected chi connectivity index (χ0v) is 12.9. The number of hydrogen-bond donors (Lipinski definition) is 0. The minimum Gasteiger partial charge on any atom is -0.354 e. The third-order valence-corrected chi connectivity index (χ3v) is 3.31. The largest absolute Gasteiger partial charge is 0.354 e. The van der Waals surface area contributed by atoms with Crippen LogP contribution < -0.4 is 4.90 Å². The molecule has 0 saturated carbocycles. The number of rotatable bonds is 6. The van der Waals surface area contributed by atoms with Gasteiger partial charge in [-0.05, 0) is 33.6 Å². The van der Waals surface area contributed by atoms with Crippen LogP contribution in [-0.2, 0) is 6.42 Å². The van der Waals surface area contributed by atoms with Gasteiger partial charge in [-0.2, -0.15) is 0 Å². The van der Waals surface area contributed by atoms with Crippen molar-refractivity contribution in [3.8, 4) is 0 Å². The quantitative estimate of drug-likeness (QED) is 0.731. The fraction of sp³-hybridized carbons (Fsp3) is 0.714. The average molecular weight is 270 g/mol. The topological polar surface area (TPSA) is 29.0 Å². The Morgan fingerprint density at radius 1 is 1.17 bits per heavy atom. The smallest absolute Gasteiger partial charge is 0.137 e. The number of hydrogen-bond acceptors (Lipinski definition) is 3. The Bertz CT molecular complexity index is 391. The maximum atomic E-state index is 6.23. The van der Waals surface area contributed by atoms with Gasteiger partial charge in [-0.3, -0.25) is 0 Å². The lowest BCUT2D eigenvalue weighted by molar-refractivity contribution is 0.654. The van der Waals surface area contributed by atoms with Crippen LogP contribution in [0.4, 0.5) is 5.82 Å². The zero-order valence-electron chi connectivity index (χ0n) is 12.1. The van der Waals surface area contributed by atoms with Gasteiger partial charge >= 0.3 is 0 Å². The summed E-state index contributed by atoms with van der Waals surface area (Å²) in [4.78, 5) is 11.4. The second-order valence-electron chi connectivity index (χ2n) is 4.92. The second kappa shape index (κ2) is 6.93. The van der Waals surface area contributed by atoms with Crippen molar-refractivity contribution in [3.05, 3.63) is 16.5 Å². The molecule has 1 rings (SSSR count). The van der Waals surface area contributed by atoms with Crippen LogP contribution >= 0.6 is 11.6 Å². The summed E-state index contributed by atoms with van der Waals surface area (Å²) in [6.45, 7) is 11.7. The minimum absolute atomic E-state index is 0.420. The third-order valence-electron chi connectivity index (χ3n) is 2.94. The van der Waals surface area contributed by atoms with E-state index in [1.54, 1.807) is 0 Å². The first-order valence-corrected chi connectivity index (χ1v) is 7.18. The van der Waals surface area contributed by atoms with Crippen LogP contribution in [0.1, 0.15) is 51.9 Å². The Hall–Kier alpha value is -0.830. The number of aromatic nitrogens is 2. The summed E-state index contributed by atoms with van der Waals surface area (Å²) < 4.78 is 0. The highest BCUT2D eigenvalue weighted by molar-refractivity contribution is 6.30. The van der Waals surface area contributed by atoms with Gasteiger partial charge in [-0.15, -0.1) is 0 Å². The van der Waals surface area contributed by atoms with E-state index in [1.165, 1.54) is 0 Å². The molecule has 3 nitrogen and oxygen atoms in total. The molecule has 1 aromatic rings. The summed E-state index contributed by atoms with van der Waals surface area (Å²) >= 11 is 6.23. The molecule has 0 fully saturated rings. The van der Waals surface area contributed by atoms with Crippen molar-refractivity contribution in [2.45, 2.75) is 59.9 Å². The van der Waals surface area contributed by atoms with Gasteiger partial charge in [0.25, 0.3) is 0 Å². The number of nitrogens with zero attached hydrogens (tertiary/aromatic N) is 3. The van der Waals surface area contributed by atoms with Crippen molar-refractivity contribution in [2.75, 3.05) is 11.4 Å². The van der Waals surface area contributed by atoms with E-state index in [9.17, 15) is 0 Å². The van der Waals surface area contributed by atoms with E-state index in [-0.39, 0.29) is 0 Å². The minimum atomic E-state index is 0.420. The van der Waals surface area contributed by atoms with E-state index in [2.05, 4.69) is 37.6 Å². The maximum absolute atomic E-state index is 6.23. The summed E-state index contributed by atoms with van der Waals surface area (Å²) in [7, 11) is 0. The molecule has 0 aliphatic heterocycles. The molecule has 0 bridgehead atoms. The highest BCUT2D eigenvalue weighted by Gasteiger charge is 2.17. The molecule has 0 unspecified atom stereocenters. The van der Waals surface area contributed by atoms with Gasteiger partial charge in [0.15, 0.2) is 0 Å². The number of anilines is 1. The van der Waals surface area contributed by atoms with Gasteiger partial charge in [-0.1, -0.05) is 25.4 Å². The number of aryl methyl sites for hydroxylation is 1. The summed E-state index contributed by atoms with van der Waals surface area (Å²) in [5.41, 5.74) is 0.985. The molecular weight excluding hydrogens is 246 g/mol. The van der Waals surface area contributed by atoms with E-state index >= 15 is 0 Å².